The Hall–Kier alpha value is -1.39. The fourth-order valence-electron chi connectivity index (χ4n) is 2.25. The van der Waals surface area contributed by atoms with Crippen molar-refractivity contribution in [2.75, 3.05) is 26.7 Å². The Balaban J connectivity index is 2.90. The predicted octanol–water partition coefficient (Wildman–Crippen LogP) is 2.38. The Morgan fingerprint density at radius 1 is 1.33 bits per heavy atom. The van der Waals surface area contributed by atoms with Crippen molar-refractivity contribution in [2.24, 2.45) is 11.7 Å². The first-order valence-corrected chi connectivity index (χ1v) is 7.60. The molecule has 0 aliphatic heterocycles. The van der Waals surface area contributed by atoms with E-state index < -0.39 is 5.54 Å². The van der Waals surface area contributed by atoms with Crippen LogP contribution in [0.5, 0.6) is 0 Å². The molecule has 0 radical (unpaired) electrons. The van der Waals surface area contributed by atoms with E-state index in [1.165, 1.54) is 0 Å². The molecule has 4 nitrogen and oxygen atoms in total. The summed E-state index contributed by atoms with van der Waals surface area (Å²) in [5.41, 5.74) is 6.11. The quantitative estimate of drug-likeness (QED) is 0.747. The third-order valence-electron chi connectivity index (χ3n) is 3.54. The molecule has 0 fully saturated rings. The molecule has 0 bridgehead atoms. The van der Waals surface area contributed by atoms with Crippen molar-refractivity contribution in [3.05, 3.63) is 35.9 Å². The Bertz CT molecular complexity index is 434. The van der Waals surface area contributed by atoms with Crippen molar-refractivity contribution in [2.45, 2.75) is 32.7 Å². The van der Waals surface area contributed by atoms with Gasteiger partial charge >= 0.3 is 5.97 Å². The summed E-state index contributed by atoms with van der Waals surface area (Å²) >= 11 is 0. The van der Waals surface area contributed by atoms with Crippen molar-refractivity contribution in [1.82, 2.24) is 4.90 Å². The number of rotatable bonds is 8. The van der Waals surface area contributed by atoms with Crippen LogP contribution in [0.25, 0.3) is 0 Å². The Morgan fingerprint density at radius 3 is 2.48 bits per heavy atom. The molecule has 21 heavy (non-hydrogen) atoms. The molecule has 2 N–H and O–H groups in total. The Kier molecular flexibility index (Phi) is 6.85. The number of hydrogen-bond donors (Lipinski definition) is 1. The van der Waals surface area contributed by atoms with Gasteiger partial charge in [-0.25, -0.2) is 4.79 Å². The van der Waals surface area contributed by atoms with Crippen LogP contribution < -0.4 is 5.73 Å². The summed E-state index contributed by atoms with van der Waals surface area (Å²) in [6.45, 7) is 7.86. The first-order chi connectivity index (χ1) is 9.90. The van der Waals surface area contributed by atoms with E-state index in [4.69, 9.17) is 10.5 Å². The largest absolute Gasteiger partial charge is 0.464 e. The zero-order chi connectivity index (χ0) is 15.9. The molecular weight excluding hydrogens is 264 g/mol. The summed E-state index contributed by atoms with van der Waals surface area (Å²) in [6.07, 6.45) is 1.07. The van der Waals surface area contributed by atoms with Crippen LogP contribution in [0.1, 0.15) is 32.8 Å². The average molecular weight is 292 g/mol. The van der Waals surface area contributed by atoms with Crippen LogP contribution in [0.15, 0.2) is 30.3 Å². The molecule has 0 amide bonds. The van der Waals surface area contributed by atoms with Gasteiger partial charge in [-0.2, -0.15) is 0 Å². The average Bonchev–Trinajstić information content (AvgIpc) is 2.46. The third-order valence-corrected chi connectivity index (χ3v) is 3.54. The van der Waals surface area contributed by atoms with Crippen LogP contribution >= 0.6 is 0 Å². The summed E-state index contributed by atoms with van der Waals surface area (Å²) in [7, 11) is 1.99. The lowest BCUT2D eigenvalue weighted by Crippen LogP contribution is -2.53. The predicted molar refractivity (Wildman–Crippen MR) is 85.9 cm³/mol. The topological polar surface area (TPSA) is 55.6 Å². The van der Waals surface area contributed by atoms with Gasteiger partial charge in [0.2, 0.25) is 0 Å². The molecular formula is C17H28N2O2. The molecule has 1 rings (SSSR count). The maximum Gasteiger partial charge on any atom is 0.332 e. The zero-order valence-electron chi connectivity index (χ0n) is 13.6. The third kappa shape index (κ3) is 5.14. The molecule has 0 heterocycles. The highest BCUT2D eigenvalue weighted by molar-refractivity contribution is 5.82. The van der Waals surface area contributed by atoms with E-state index in [1.54, 1.807) is 6.92 Å². The van der Waals surface area contributed by atoms with E-state index >= 15 is 0 Å². The number of esters is 1. The van der Waals surface area contributed by atoms with Crippen LogP contribution in [0.4, 0.5) is 0 Å². The highest BCUT2D eigenvalue weighted by Crippen LogP contribution is 2.21. The van der Waals surface area contributed by atoms with E-state index in [1.807, 2.05) is 37.4 Å². The standard InChI is InChI=1S/C17H28N2O2/c1-5-21-16(20)17(18,15-9-7-6-8-10-15)13-19(4)12-11-14(2)3/h6-10,14H,5,11-13,18H2,1-4H3. The maximum atomic E-state index is 12.4. The highest BCUT2D eigenvalue weighted by Gasteiger charge is 2.38. The van der Waals surface area contributed by atoms with Gasteiger partial charge < -0.3 is 15.4 Å². The van der Waals surface area contributed by atoms with E-state index in [-0.39, 0.29) is 5.97 Å². The minimum atomic E-state index is -1.12. The normalized spacial score (nSPS) is 14.2. The molecule has 1 aromatic rings. The molecule has 0 saturated heterocycles. The van der Waals surface area contributed by atoms with Crippen molar-refractivity contribution in [3.63, 3.8) is 0 Å². The molecule has 0 saturated carbocycles. The van der Waals surface area contributed by atoms with Gasteiger partial charge in [-0.1, -0.05) is 44.2 Å². The molecule has 4 heteroatoms. The lowest BCUT2D eigenvalue weighted by atomic mass is 9.90. The number of nitrogens with zero attached hydrogens (tertiary/aromatic N) is 1. The number of carbonyl (C=O) groups excluding carboxylic acids is 1. The van der Waals surface area contributed by atoms with Crippen molar-refractivity contribution < 1.29 is 9.53 Å². The second-order valence-corrected chi connectivity index (χ2v) is 5.98. The number of benzene rings is 1. The molecule has 1 aromatic carbocycles. The summed E-state index contributed by atoms with van der Waals surface area (Å²) in [5.74, 6) is 0.256. The maximum absolute atomic E-state index is 12.4. The number of likely N-dealkylation sites (N-methyl/N-ethyl adjacent to an activating group) is 1. The molecule has 118 valence electrons. The van der Waals surface area contributed by atoms with Crippen LogP contribution in [0, 0.1) is 5.92 Å². The number of ether oxygens (including phenoxy) is 1. The van der Waals surface area contributed by atoms with Gasteiger partial charge in [0.1, 0.15) is 0 Å². The number of carbonyl (C=O) groups is 1. The fraction of sp³-hybridized carbons (Fsp3) is 0.588. The van der Waals surface area contributed by atoms with Crippen molar-refractivity contribution >= 4 is 5.97 Å². The van der Waals surface area contributed by atoms with Gasteiger partial charge in [0.15, 0.2) is 5.54 Å². The smallest absolute Gasteiger partial charge is 0.332 e. The monoisotopic (exact) mass is 292 g/mol. The fourth-order valence-corrected chi connectivity index (χ4v) is 2.25. The lowest BCUT2D eigenvalue weighted by molar-refractivity contribution is -0.150. The molecule has 0 aliphatic rings. The minimum Gasteiger partial charge on any atom is -0.464 e. The minimum absolute atomic E-state index is 0.334. The summed E-state index contributed by atoms with van der Waals surface area (Å²) in [4.78, 5) is 14.5. The van der Waals surface area contributed by atoms with E-state index in [0.717, 1.165) is 18.5 Å². The first kappa shape index (κ1) is 17.7. The van der Waals surface area contributed by atoms with Crippen LogP contribution in [-0.4, -0.2) is 37.6 Å². The van der Waals surface area contributed by atoms with E-state index in [2.05, 4.69) is 18.7 Å². The van der Waals surface area contributed by atoms with Crippen LogP contribution in [0.3, 0.4) is 0 Å². The highest BCUT2D eigenvalue weighted by atomic mass is 16.5. The van der Waals surface area contributed by atoms with Gasteiger partial charge in [-0.05, 0) is 38.4 Å². The van der Waals surface area contributed by atoms with Gasteiger partial charge in [0.05, 0.1) is 6.61 Å². The van der Waals surface area contributed by atoms with E-state index in [9.17, 15) is 4.79 Å². The SMILES string of the molecule is CCOC(=O)C(N)(CN(C)CCC(C)C)c1ccccc1. The first-order valence-electron chi connectivity index (χ1n) is 7.60. The van der Waals surface area contributed by atoms with Crippen molar-refractivity contribution in [1.29, 1.82) is 0 Å². The van der Waals surface area contributed by atoms with Crippen LogP contribution in [0.2, 0.25) is 0 Å². The Morgan fingerprint density at radius 2 is 1.95 bits per heavy atom. The zero-order valence-corrected chi connectivity index (χ0v) is 13.6. The molecule has 0 spiro atoms. The van der Waals surface area contributed by atoms with Crippen molar-refractivity contribution in [3.8, 4) is 0 Å². The summed E-state index contributed by atoms with van der Waals surface area (Å²) in [5, 5.41) is 0. The summed E-state index contributed by atoms with van der Waals surface area (Å²) in [6, 6.07) is 9.46. The van der Waals surface area contributed by atoms with Gasteiger partial charge in [0, 0.05) is 6.54 Å². The molecule has 1 atom stereocenters. The van der Waals surface area contributed by atoms with E-state index in [0.29, 0.717) is 19.1 Å². The Labute approximate surface area is 128 Å². The van der Waals surface area contributed by atoms with Gasteiger partial charge in [0.25, 0.3) is 0 Å². The number of hydrogen-bond acceptors (Lipinski definition) is 4. The van der Waals surface area contributed by atoms with Crippen LogP contribution in [-0.2, 0) is 15.1 Å². The molecule has 1 unspecified atom stereocenters. The summed E-state index contributed by atoms with van der Waals surface area (Å²) < 4.78 is 5.20. The second kappa shape index (κ2) is 8.15. The molecule has 0 aliphatic carbocycles. The van der Waals surface area contributed by atoms with Gasteiger partial charge in [-0.15, -0.1) is 0 Å². The number of nitrogens with two attached hydrogens (primary N) is 1. The lowest BCUT2D eigenvalue weighted by Gasteiger charge is -2.32. The van der Waals surface area contributed by atoms with Gasteiger partial charge in [-0.3, -0.25) is 0 Å². The molecule has 0 aromatic heterocycles. The second-order valence-electron chi connectivity index (χ2n) is 5.98.